The predicted octanol–water partition coefficient (Wildman–Crippen LogP) is 3.94. The molecule has 4 heterocycles. The van der Waals surface area contributed by atoms with E-state index < -0.39 is 0 Å². The number of anilines is 1. The third-order valence-corrected chi connectivity index (χ3v) is 7.16. The highest BCUT2D eigenvalue weighted by Gasteiger charge is 2.24. The van der Waals surface area contributed by atoms with Gasteiger partial charge in [-0.3, -0.25) is 4.79 Å². The Morgan fingerprint density at radius 2 is 1.78 bits per heavy atom. The SMILES string of the molecule is O=c1c2c3c(sc2nc2c4ccccc4c(N4CCCCC4)nn12)CCC3. The fraction of sp³-hybridized carbons (Fsp3) is 0.381. The summed E-state index contributed by atoms with van der Waals surface area (Å²) in [6.07, 6.45) is 6.83. The Morgan fingerprint density at radius 3 is 2.63 bits per heavy atom. The average molecular weight is 376 g/mol. The number of benzene rings is 1. The number of hydrogen-bond acceptors (Lipinski definition) is 5. The van der Waals surface area contributed by atoms with Crippen LogP contribution in [0.15, 0.2) is 29.1 Å². The highest BCUT2D eigenvalue weighted by molar-refractivity contribution is 7.18. The molecule has 5 nitrogen and oxygen atoms in total. The molecule has 0 amide bonds. The van der Waals surface area contributed by atoms with Crippen molar-refractivity contribution in [3.05, 3.63) is 45.1 Å². The average Bonchev–Trinajstić information content (AvgIpc) is 3.29. The molecule has 3 aromatic heterocycles. The molecule has 6 rings (SSSR count). The van der Waals surface area contributed by atoms with Gasteiger partial charge in [-0.2, -0.15) is 4.52 Å². The molecule has 1 aromatic carbocycles. The number of rotatable bonds is 1. The molecule has 0 atom stereocenters. The zero-order valence-corrected chi connectivity index (χ0v) is 15.9. The van der Waals surface area contributed by atoms with E-state index in [-0.39, 0.29) is 5.56 Å². The number of nitrogens with zero attached hydrogens (tertiary/aromatic N) is 4. The molecule has 0 N–H and O–H groups in total. The van der Waals surface area contributed by atoms with E-state index >= 15 is 0 Å². The first-order valence-electron chi connectivity index (χ1n) is 9.82. The molecule has 6 heteroatoms. The summed E-state index contributed by atoms with van der Waals surface area (Å²) in [5.41, 5.74) is 1.90. The summed E-state index contributed by atoms with van der Waals surface area (Å²) < 4.78 is 1.57. The van der Waals surface area contributed by atoms with E-state index in [1.165, 1.54) is 29.7 Å². The molecule has 4 aromatic rings. The summed E-state index contributed by atoms with van der Waals surface area (Å²) in [6, 6.07) is 8.24. The van der Waals surface area contributed by atoms with E-state index in [0.29, 0.717) is 5.65 Å². The van der Waals surface area contributed by atoms with Crippen molar-refractivity contribution >= 4 is 43.8 Å². The van der Waals surface area contributed by atoms with Gasteiger partial charge in [0.2, 0.25) is 0 Å². The van der Waals surface area contributed by atoms with Gasteiger partial charge in [0.25, 0.3) is 5.56 Å². The number of thiophene rings is 1. The molecule has 136 valence electrons. The lowest BCUT2D eigenvalue weighted by atomic mass is 10.1. The minimum atomic E-state index is -0.00147. The molecular formula is C21H20N4OS. The molecular weight excluding hydrogens is 356 g/mol. The summed E-state index contributed by atoms with van der Waals surface area (Å²) in [4.78, 5) is 22.9. The van der Waals surface area contributed by atoms with E-state index in [1.54, 1.807) is 15.9 Å². The Kier molecular flexibility index (Phi) is 3.32. The molecule has 0 spiro atoms. The lowest BCUT2D eigenvalue weighted by molar-refractivity contribution is 0.571. The lowest BCUT2D eigenvalue weighted by Crippen LogP contribution is -2.32. The first-order chi connectivity index (χ1) is 13.3. The van der Waals surface area contributed by atoms with Crippen LogP contribution >= 0.6 is 11.3 Å². The van der Waals surface area contributed by atoms with Crippen LogP contribution in [-0.4, -0.2) is 27.7 Å². The van der Waals surface area contributed by atoms with Crippen LogP contribution in [0, 0.1) is 0 Å². The molecule has 0 unspecified atom stereocenters. The number of aryl methyl sites for hydroxylation is 2. The second-order valence-corrected chi connectivity index (χ2v) is 8.69. The molecule has 0 saturated carbocycles. The van der Waals surface area contributed by atoms with E-state index in [4.69, 9.17) is 10.1 Å². The fourth-order valence-electron chi connectivity index (χ4n) is 4.66. The lowest BCUT2D eigenvalue weighted by Gasteiger charge is -2.28. The van der Waals surface area contributed by atoms with Crippen molar-refractivity contribution in [3.63, 3.8) is 0 Å². The standard InChI is InChI=1S/C21H20N4OS/c26-21-17-15-9-6-10-16(15)27-20(17)22-18-13-7-2-3-8-14(13)19(23-25(18)21)24-11-4-1-5-12-24/h2-3,7-8H,1,4-6,9-12H2. The topological polar surface area (TPSA) is 50.5 Å². The maximum Gasteiger partial charge on any atom is 0.283 e. The van der Waals surface area contributed by atoms with Crippen molar-refractivity contribution in [2.75, 3.05) is 18.0 Å². The molecule has 1 aliphatic heterocycles. The van der Waals surface area contributed by atoms with Gasteiger partial charge < -0.3 is 4.90 Å². The monoisotopic (exact) mass is 376 g/mol. The number of hydrogen-bond donors (Lipinski definition) is 0. The third-order valence-electron chi connectivity index (χ3n) is 5.98. The first kappa shape index (κ1) is 15.6. The van der Waals surface area contributed by atoms with Crippen molar-refractivity contribution in [1.29, 1.82) is 0 Å². The highest BCUT2D eigenvalue weighted by atomic mass is 32.1. The van der Waals surface area contributed by atoms with Crippen molar-refractivity contribution < 1.29 is 0 Å². The van der Waals surface area contributed by atoms with E-state index in [9.17, 15) is 4.79 Å². The van der Waals surface area contributed by atoms with Gasteiger partial charge in [0, 0.05) is 28.7 Å². The van der Waals surface area contributed by atoms with E-state index in [2.05, 4.69) is 17.0 Å². The maximum atomic E-state index is 13.4. The quantitative estimate of drug-likeness (QED) is 0.472. The Balaban J connectivity index is 1.74. The van der Waals surface area contributed by atoms with Crippen LogP contribution in [-0.2, 0) is 12.8 Å². The Hall–Kier alpha value is -2.47. The minimum Gasteiger partial charge on any atom is -0.355 e. The number of fused-ring (bicyclic) bond motifs is 6. The third kappa shape index (κ3) is 2.19. The van der Waals surface area contributed by atoms with Crippen molar-refractivity contribution in [3.8, 4) is 0 Å². The van der Waals surface area contributed by atoms with Crippen LogP contribution < -0.4 is 10.5 Å². The largest absolute Gasteiger partial charge is 0.355 e. The Morgan fingerprint density at radius 1 is 0.963 bits per heavy atom. The van der Waals surface area contributed by atoms with Crippen molar-refractivity contribution in [2.45, 2.75) is 38.5 Å². The maximum absolute atomic E-state index is 13.4. The van der Waals surface area contributed by atoms with Gasteiger partial charge in [0.1, 0.15) is 4.83 Å². The second kappa shape index (κ2) is 5.76. The molecule has 0 radical (unpaired) electrons. The summed E-state index contributed by atoms with van der Waals surface area (Å²) in [5, 5.41) is 7.76. The molecule has 1 saturated heterocycles. The smallest absolute Gasteiger partial charge is 0.283 e. The number of aromatic nitrogens is 3. The Bertz CT molecular complexity index is 1270. The zero-order chi connectivity index (χ0) is 18.0. The van der Waals surface area contributed by atoms with Gasteiger partial charge in [-0.1, -0.05) is 24.3 Å². The van der Waals surface area contributed by atoms with Gasteiger partial charge >= 0.3 is 0 Å². The normalized spacial score (nSPS) is 17.3. The summed E-state index contributed by atoms with van der Waals surface area (Å²) in [6.45, 7) is 2.00. The van der Waals surface area contributed by atoms with Gasteiger partial charge in [0.15, 0.2) is 11.5 Å². The summed E-state index contributed by atoms with van der Waals surface area (Å²) >= 11 is 1.69. The molecule has 1 aliphatic carbocycles. The fourth-order valence-corrected chi connectivity index (χ4v) is 5.91. The van der Waals surface area contributed by atoms with Crippen LogP contribution in [0.5, 0.6) is 0 Å². The van der Waals surface area contributed by atoms with Crippen molar-refractivity contribution in [1.82, 2.24) is 14.6 Å². The first-order valence-corrected chi connectivity index (χ1v) is 10.6. The van der Waals surface area contributed by atoms with Gasteiger partial charge in [0.05, 0.1) is 5.39 Å². The van der Waals surface area contributed by atoms with Crippen LogP contribution in [0.4, 0.5) is 5.82 Å². The molecule has 1 fully saturated rings. The Labute approximate surface area is 160 Å². The van der Waals surface area contributed by atoms with Gasteiger partial charge in [-0.15, -0.1) is 16.4 Å². The van der Waals surface area contributed by atoms with E-state index in [0.717, 1.165) is 59.2 Å². The molecule has 2 aliphatic rings. The minimum absolute atomic E-state index is 0.00147. The van der Waals surface area contributed by atoms with Crippen molar-refractivity contribution in [2.24, 2.45) is 0 Å². The van der Waals surface area contributed by atoms with E-state index in [1.807, 2.05) is 12.1 Å². The van der Waals surface area contributed by atoms with Crippen LogP contribution in [0.3, 0.4) is 0 Å². The van der Waals surface area contributed by atoms with Crippen LogP contribution in [0.1, 0.15) is 36.1 Å². The zero-order valence-electron chi connectivity index (χ0n) is 15.1. The molecule has 27 heavy (non-hydrogen) atoms. The summed E-state index contributed by atoms with van der Waals surface area (Å²) in [5.74, 6) is 0.924. The second-order valence-electron chi connectivity index (χ2n) is 7.61. The molecule has 0 bridgehead atoms. The van der Waals surface area contributed by atoms with Gasteiger partial charge in [-0.25, -0.2) is 4.98 Å². The van der Waals surface area contributed by atoms with Crippen LogP contribution in [0.2, 0.25) is 0 Å². The van der Waals surface area contributed by atoms with Gasteiger partial charge in [-0.05, 0) is 44.1 Å². The van der Waals surface area contributed by atoms with Crippen LogP contribution in [0.25, 0.3) is 26.6 Å². The summed E-state index contributed by atoms with van der Waals surface area (Å²) in [7, 11) is 0. The highest BCUT2D eigenvalue weighted by Crippen LogP contribution is 2.36. The predicted molar refractivity (Wildman–Crippen MR) is 110 cm³/mol. The number of piperidine rings is 1.